The molecule has 0 spiro atoms. The standard InChI is InChI=1S/C8H13ClN4O/c1-3-10-8(14)6(2)13-5-11-12-7(13)4-9/h5-6H,3-4H2,1-2H3,(H,10,14). The highest BCUT2D eigenvalue weighted by molar-refractivity contribution is 6.16. The molecule has 1 aromatic heterocycles. The van der Waals surface area contributed by atoms with Gasteiger partial charge in [-0.25, -0.2) is 0 Å². The lowest BCUT2D eigenvalue weighted by atomic mass is 10.3. The zero-order valence-electron chi connectivity index (χ0n) is 8.20. The van der Waals surface area contributed by atoms with Gasteiger partial charge in [-0.3, -0.25) is 4.79 Å². The quantitative estimate of drug-likeness (QED) is 0.755. The summed E-state index contributed by atoms with van der Waals surface area (Å²) in [4.78, 5) is 11.5. The maximum absolute atomic E-state index is 11.5. The van der Waals surface area contributed by atoms with Gasteiger partial charge in [0.2, 0.25) is 5.91 Å². The van der Waals surface area contributed by atoms with E-state index >= 15 is 0 Å². The van der Waals surface area contributed by atoms with Crippen LogP contribution < -0.4 is 5.32 Å². The molecule has 0 aromatic carbocycles. The van der Waals surface area contributed by atoms with Crippen LogP contribution in [0.2, 0.25) is 0 Å². The van der Waals surface area contributed by atoms with Gasteiger partial charge >= 0.3 is 0 Å². The van der Waals surface area contributed by atoms with E-state index in [1.54, 1.807) is 11.5 Å². The molecule has 5 nitrogen and oxygen atoms in total. The molecule has 0 aliphatic rings. The summed E-state index contributed by atoms with van der Waals surface area (Å²) in [5, 5.41) is 10.2. The maximum Gasteiger partial charge on any atom is 0.242 e. The third kappa shape index (κ3) is 2.23. The van der Waals surface area contributed by atoms with Crippen molar-refractivity contribution < 1.29 is 4.79 Å². The molecular weight excluding hydrogens is 204 g/mol. The van der Waals surface area contributed by atoms with Gasteiger partial charge in [-0.15, -0.1) is 21.8 Å². The van der Waals surface area contributed by atoms with E-state index in [1.165, 1.54) is 6.33 Å². The van der Waals surface area contributed by atoms with Crippen molar-refractivity contribution >= 4 is 17.5 Å². The van der Waals surface area contributed by atoms with E-state index in [0.29, 0.717) is 12.4 Å². The van der Waals surface area contributed by atoms with Crippen molar-refractivity contribution in [2.75, 3.05) is 6.54 Å². The summed E-state index contributed by atoms with van der Waals surface area (Å²) in [7, 11) is 0. The van der Waals surface area contributed by atoms with Gasteiger partial charge in [0.15, 0.2) is 0 Å². The summed E-state index contributed by atoms with van der Waals surface area (Å²) >= 11 is 5.64. The fraction of sp³-hybridized carbons (Fsp3) is 0.625. The molecule has 1 rings (SSSR count). The van der Waals surface area contributed by atoms with Gasteiger partial charge in [-0.05, 0) is 13.8 Å². The average molecular weight is 217 g/mol. The Morgan fingerprint density at radius 3 is 3.07 bits per heavy atom. The molecule has 0 fully saturated rings. The number of amides is 1. The van der Waals surface area contributed by atoms with Crippen molar-refractivity contribution in [3.8, 4) is 0 Å². The van der Waals surface area contributed by atoms with Gasteiger partial charge in [0, 0.05) is 6.54 Å². The third-order valence-electron chi connectivity index (χ3n) is 1.91. The average Bonchev–Trinajstić information content (AvgIpc) is 2.64. The Morgan fingerprint density at radius 2 is 2.50 bits per heavy atom. The first-order valence-corrected chi connectivity index (χ1v) is 4.96. The number of carbonyl (C=O) groups excluding carboxylic acids is 1. The third-order valence-corrected chi connectivity index (χ3v) is 2.15. The second-order valence-electron chi connectivity index (χ2n) is 2.86. The summed E-state index contributed by atoms with van der Waals surface area (Å²) in [6.45, 7) is 4.27. The number of halogens is 1. The fourth-order valence-electron chi connectivity index (χ4n) is 1.13. The molecule has 1 aromatic rings. The Balaban J connectivity index is 2.77. The van der Waals surface area contributed by atoms with E-state index in [0.717, 1.165) is 0 Å². The Bertz CT molecular complexity index is 312. The molecule has 1 atom stereocenters. The van der Waals surface area contributed by atoms with E-state index in [-0.39, 0.29) is 17.8 Å². The summed E-state index contributed by atoms with van der Waals surface area (Å²) in [5.74, 6) is 0.799. The lowest BCUT2D eigenvalue weighted by Gasteiger charge is -2.13. The van der Waals surface area contributed by atoms with Crippen LogP contribution in [-0.4, -0.2) is 27.2 Å². The molecule has 1 heterocycles. The van der Waals surface area contributed by atoms with Crippen molar-refractivity contribution in [2.24, 2.45) is 0 Å². The number of hydrogen-bond donors (Lipinski definition) is 1. The summed E-state index contributed by atoms with van der Waals surface area (Å²) in [6.07, 6.45) is 1.51. The zero-order chi connectivity index (χ0) is 10.6. The largest absolute Gasteiger partial charge is 0.355 e. The van der Waals surface area contributed by atoms with E-state index in [9.17, 15) is 4.79 Å². The summed E-state index contributed by atoms with van der Waals surface area (Å²) in [5.41, 5.74) is 0. The topological polar surface area (TPSA) is 59.8 Å². The number of rotatable bonds is 4. The molecule has 1 unspecified atom stereocenters. The monoisotopic (exact) mass is 216 g/mol. The molecule has 0 saturated heterocycles. The highest BCUT2D eigenvalue weighted by atomic mass is 35.5. The number of carbonyl (C=O) groups is 1. The Hall–Kier alpha value is -1.10. The van der Waals surface area contributed by atoms with E-state index < -0.39 is 0 Å². The summed E-state index contributed by atoms with van der Waals surface area (Å²) < 4.78 is 1.66. The van der Waals surface area contributed by atoms with Gasteiger partial charge in [-0.1, -0.05) is 0 Å². The molecule has 0 radical (unpaired) electrons. The van der Waals surface area contributed by atoms with Gasteiger partial charge in [0.25, 0.3) is 0 Å². The minimum absolute atomic E-state index is 0.0568. The lowest BCUT2D eigenvalue weighted by Crippen LogP contribution is -2.31. The van der Waals surface area contributed by atoms with E-state index in [4.69, 9.17) is 11.6 Å². The Morgan fingerprint density at radius 1 is 1.79 bits per heavy atom. The molecule has 14 heavy (non-hydrogen) atoms. The predicted molar refractivity (Wildman–Crippen MR) is 53.0 cm³/mol. The van der Waals surface area contributed by atoms with Crippen LogP contribution in [0.25, 0.3) is 0 Å². The van der Waals surface area contributed by atoms with Crippen LogP contribution in [0, 0.1) is 0 Å². The van der Waals surface area contributed by atoms with Crippen LogP contribution in [0.5, 0.6) is 0 Å². The van der Waals surface area contributed by atoms with Crippen molar-refractivity contribution in [1.82, 2.24) is 20.1 Å². The van der Waals surface area contributed by atoms with Crippen LogP contribution in [0.1, 0.15) is 25.7 Å². The SMILES string of the molecule is CCNC(=O)C(C)n1cnnc1CCl. The maximum atomic E-state index is 11.5. The van der Waals surface area contributed by atoms with Crippen LogP contribution >= 0.6 is 11.6 Å². The number of likely N-dealkylation sites (N-methyl/N-ethyl adjacent to an activating group) is 1. The molecule has 1 amide bonds. The van der Waals surface area contributed by atoms with Crippen molar-refractivity contribution in [3.63, 3.8) is 0 Å². The van der Waals surface area contributed by atoms with Gasteiger partial charge in [0.05, 0.1) is 5.88 Å². The van der Waals surface area contributed by atoms with E-state index in [2.05, 4.69) is 15.5 Å². The Kier molecular flexibility index (Phi) is 3.88. The van der Waals surface area contributed by atoms with Crippen LogP contribution in [0.4, 0.5) is 0 Å². The normalized spacial score (nSPS) is 12.5. The van der Waals surface area contributed by atoms with Gasteiger partial charge < -0.3 is 9.88 Å². The molecule has 0 saturated carbocycles. The lowest BCUT2D eigenvalue weighted by molar-refractivity contribution is -0.123. The van der Waals surface area contributed by atoms with Crippen LogP contribution in [-0.2, 0) is 10.7 Å². The molecular formula is C8H13ClN4O. The number of hydrogen-bond acceptors (Lipinski definition) is 3. The second-order valence-corrected chi connectivity index (χ2v) is 3.13. The first kappa shape index (κ1) is 11.0. The molecule has 6 heteroatoms. The smallest absolute Gasteiger partial charge is 0.242 e. The van der Waals surface area contributed by atoms with Crippen molar-refractivity contribution in [2.45, 2.75) is 25.8 Å². The first-order chi connectivity index (χ1) is 6.70. The highest BCUT2D eigenvalue weighted by Crippen LogP contribution is 2.09. The molecule has 0 aliphatic heterocycles. The van der Waals surface area contributed by atoms with Crippen molar-refractivity contribution in [3.05, 3.63) is 12.2 Å². The fourth-order valence-corrected chi connectivity index (χ4v) is 1.33. The second kappa shape index (κ2) is 4.95. The number of alkyl halides is 1. The molecule has 78 valence electrons. The van der Waals surface area contributed by atoms with Crippen LogP contribution in [0.3, 0.4) is 0 Å². The Labute approximate surface area is 87.5 Å². The van der Waals surface area contributed by atoms with E-state index in [1.807, 2.05) is 6.92 Å². The zero-order valence-corrected chi connectivity index (χ0v) is 8.95. The highest BCUT2D eigenvalue weighted by Gasteiger charge is 2.16. The number of aromatic nitrogens is 3. The number of nitrogens with one attached hydrogen (secondary N) is 1. The first-order valence-electron chi connectivity index (χ1n) is 4.42. The molecule has 0 bridgehead atoms. The minimum Gasteiger partial charge on any atom is -0.355 e. The van der Waals surface area contributed by atoms with Crippen molar-refractivity contribution in [1.29, 1.82) is 0 Å². The molecule has 1 N–H and O–H groups in total. The van der Waals surface area contributed by atoms with Crippen LogP contribution in [0.15, 0.2) is 6.33 Å². The minimum atomic E-state index is -0.321. The van der Waals surface area contributed by atoms with Gasteiger partial charge in [-0.2, -0.15) is 0 Å². The molecule has 0 aliphatic carbocycles. The summed E-state index contributed by atoms with van der Waals surface area (Å²) in [6, 6.07) is -0.321. The number of nitrogens with zero attached hydrogens (tertiary/aromatic N) is 3. The predicted octanol–water partition coefficient (Wildman–Crippen LogP) is 0.714. The van der Waals surface area contributed by atoms with Gasteiger partial charge in [0.1, 0.15) is 18.2 Å².